The van der Waals surface area contributed by atoms with Gasteiger partial charge in [0.25, 0.3) is 0 Å². The van der Waals surface area contributed by atoms with Crippen LogP contribution in [0.2, 0.25) is 0 Å². The smallest absolute Gasteiger partial charge is 0.322 e. The normalized spacial score (nSPS) is 11.7. The lowest BCUT2D eigenvalue weighted by atomic mass is 10.0. The molecule has 0 bridgehead atoms. The van der Waals surface area contributed by atoms with Gasteiger partial charge in [0.1, 0.15) is 5.75 Å². The molecule has 1 aromatic carbocycles. The van der Waals surface area contributed by atoms with Gasteiger partial charge in [-0.1, -0.05) is 6.92 Å². The van der Waals surface area contributed by atoms with E-state index in [1.807, 2.05) is 56.0 Å². The molecular formula is C20H27N3O2. The first-order chi connectivity index (χ1) is 12.1. The summed E-state index contributed by atoms with van der Waals surface area (Å²) < 4.78 is 5.50. The van der Waals surface area contributed by atoms with E-state index in [-0.39, 0.29) is 12.1 Å². The molecule has 1 N–H and O–H groups in total. The van der Waals surface area contributed by atoms with Gasteiger partial charge in [0, 0.05) is 24.6 Å². The minimum Gasteiger partial charge on any atom is -0.494 e. The summed E-state index contributed by atoms with van der Waals surface area (Å²) in [4.78, 5) is 18.8. The summed E-state index contributed by atoms with van der Waals surface area (Å²) in [5.74, 6) is 0.813. The van der Waals surface area contributed by atoms with Crippen molar-refractivity contribution in [1.29, 1.82) is 0 Å². The Kier molecular flexibility index (Phi) is 6.81. The van der Waals surface area contributed by atoms with Gasteiger partial charge in [-0.15, -0.1) is 0 Å². The highest BCUT2D eigenvalue weighted by Crippen LogP contribution is 2.26. The van der Waals surface area contributed by atoms with Gasteiger partial charge >= 0.3 is 6.03 Å². The molecule has 2 amide bonds. The highest BCUT2D eigenvalue weighted by molar-refractivity contribution is 5.90. The molecule has 0 aliphatic rings. The second-order valence-electron chi connectivity index (χ2n) is 5.83. The molecule has 0 radical (unpaired) electrons. The molecule has 0 saturated carbocycles. The van der Waals surface area contributed by atoms with Crippen molar-refractivity contribution in [2.24, 2.45) is 0 Å². The Morgan fingerprint density at radius 2 is 1.92 bits per heavy atom. The van der Waals surface area contributed by atoms with Gasteiger partial charge in [0.2, 0.25) is 0 Å². The fourth-order valence-electron chi connectivity index (χ4n) is 2.95. The van der Waals surface area contributed by atoms with Crippen LogP contribution < -0.4 is 10.1 Å². The van der Waals surface area contributed by atoms with E-state index in [2.05, 4.69) is 17.2 Å². The maximum atomic E-state index is 12.8. The molecule has 1 atom stereocenters. The van der Waals surface area contributed by atoms with Crippen molar-refractivity contribution in [1.82, 2.24) is 9.88 Å². The number of carbonyl (C=O) groups is 1. The zero-order valence-electron chi connectivity index (χ0n) is 15.5. The Bertz CT molecular complexity index is 689. The van der Waals surface area contributed by atoms with Gasteiger partial charge in [-0.25, -0.2) is 4.79 Å². The molecule has 0 spiro atoms. The molecule has 25 heavy (non-hydrogen) atoms. The summed E-state index contributed by atoms with van der Waals surface area (Å²) in [5, 5.41) is 3.03. The summed E-state index contributed by atoms with van der Waals surface area (Å²) in [7, 11) is 0. The van der Waals surface area contributed by atoms with Crippen molar-refractivity contribution in [3.05, 3.63) is 53.9 Å². The van der Waals surface area contributed by atoms with Crippen LogP contribution in [0.3, 0.4) is 0 Å². The van der Waals surface area contributed by atoms with Gasteiger partial charge in [-0.05, 0) is 68.7 Å². The summed E-state index contributed by atoms with van der Waals surface area (Å²) in [6.07, 6.45) is 4.37. The maximum Gasteiger partial charge on any atom is 0.322 e. The lowest BCUT2D eigenvalue weighted by Crippen LogP contribution is -2.38. The van der Waals surface area contributed by atoms with Crippen LogP contribution in [-0.2, 0) is 0 Å². The topological polar surface area (TPSA) is 54.5 Å². The lowest BCUT2D eigenvalue weighted by molar-refractivity contribution is 0.190. The average molecular weight is 341 g/mol. The molecule has 1 heterocycles. The molecular weight excluding hydrogens is 314 g/mol. The number of nitrogens with one attached hydrogen (secondary N) is 1. The summed E-state index contributed by atoms with van der Waals surface area (Å²) in [6, 6.07) is 9.56. The number of ether oxygens (including phenoxy) is 1. The highest BCUT2D eigenvalue weighted by Gasteiger charge is 2.22. The quantitative estimate of drug-likeness (QED) is 0.787. The molecule has 5 heteroatoms. The predicted octanol–water partition coefficient (Wildman–Crippen LogP) is 4.79. The number of hydrogen-bond acceptors (Lipinski definition) is 3. The van der Waals surface area contributed by atoms with E-state index < -0.39 is 0 Å². The third-order valence-electron chi connectivity index (χ3n) is 4.21. The van der Waals surface area contributed by atoms with Crippen LogP contribution in [0, 0.1) is 6.92 Å². The zero-order chi connectivity index (χ0) is 18.2. The summed E-state index contributed by atoms with van der Waals surface area (Å²) in [6.45, 7) is 9.25. The van der Waals surface area contributed by atoms with Crippen molar-refractivity contribution < 1.29 is 9.53 Å². The molecule has 134 valence electrons. The summed E-state index contributed by atoms with van der Waals surface area (Å²) >= 11 is 0. The molecule has 0 saturated heterocycles. The lowest BCUT2D eigenvalue weighted by Gasteiger charge is -2.30. The Labute approximate surface area is 150 Å². The van der Waals surface area contributed by atoms with Crippen LogP contribution in [-0.4, -0.2) is 29.1 Å². The Morgan fingerprint density at radius 1 is 1.20 bits per heavy atom. The van der Waals surface area contributed by atoms with E-state index in [0.717, 1.165) is 29.0 Å². The number of nitrogens with zero attached hydrogens (tertiary/aromatic N) is 2. The number of carbonyl (C=O) groups excluding carboxylic acids is 1. The second-order valence-corrected chi connectivity index (χ2v) is 5.83. The molecule has 1 aromatic heterocycles. The first-order valence-electron chi connectivity index (χ1n) is 8.81. The highest BCUT2D eigenvalue weighted by atomic mass is 16.5. The fourth-order valence-corrected chi connectivity index (χ4v) is 2.95. The van der Waals surface area contributed by atoms with Gasteiger partial charge in [-0.2, -0.15) is 0 Å². The van der Waals surface area contributed by atoms with E-state index in [1.54, 1.807) is 12.4 Å². The Hall–Kier alpha value is -2.56. The number of urea groups is 1. The molecule has 2 aromatic rings. The van der Waals surface area contributed by atoms with Crippen molar-refractivity contribution >= 4 is 11.7 Å². The third-order valence-corrected chi connectivity index (χ3v) is 4.21. The number of amides is 2. The SMILES string of the molecule is CCOc1ccc(NC(=O)N(CC)[C@@H](CC)c2ccncc2)c(C)c1. The van der Waals surface area contributed by atoms with Crippen molar-refractivity contribution in [2.45, 2.75) is 40.2 Å². The number of aryl methyl sites for hydroxylation is 1. The first kappa shape index (κ1) is 18.8. The average Bonchev–Trinajstić information content (AvgIpc) is 2.62. The number of hydrogen-bond donors (Lipinski definition) is 1. The zero-order valence-corrected chi connectivity index (χ0v) is 15.5. The Balaban J connectivity index is 2.17. The van der Waals surface area contributed by atoms with Gasteiger partial charge in [-0.3, -0.25) is 4.98 Å². The minimum absolute atomic E-state index is 0.0241. The minimum atomic E-state index is -0.0987. The predicted molar refractivity (Wildman–Crippen MR) is 101 cm³/mol. The number of pyridine rings is 1. The van der Waals surface area contributed by atoms with E-state index in [1.165, 1.54) is 0 Å². The first-order valence-corrected chi connectivity index (χ1v) is 8.81. The number of rotatable bonds is 7. The molecule has 0 aliphatic carbocycles. The standard InChI is InChI=1S/C20H27N3O2/c1-5-19(16-10-12-21-13-11-16)23(6-2)20(24)22-18-9-8-17(25-7-3)14-15(18)4/h8-14,19H,5-7H2,1-4H3,(H,22,24)/t19-/m0/s1. The largest absolute Gasteiger partial charge is 0.494 e. The molecule has 0 aliphatic heterocycles. The monoisotopic (exact) mass is 341 g/mol. The van der Waals surface area contributed by atoms with Crippen LogP contribution in [0.25, 0.3) is 0 Å². The van der Waals surface area contributed by atoms with E-state index in [9.17, 15) is 4.79 Å². The van der Waals surface area contributed by atoms with E-state index >= 15 is 0 Å². The molecule has 0 unspecified atom stereocenters. The van der Waals surface area contributed by atoms with E-state index in [4.69, 9.17) is 4.74 Å². The van der Waals surface area contributed by atoms with Crippen molar-refractivity contribution in [2.75, 3.05) is 18.5 Å². The Morgan fingerprint density at radius 3 is 2.48 bits per heavy atom. The second kappa shape index (κ2) is 9.06. The van der Waals surface area contributed by atoms with E-state index in [0.29, 0.717) is 13.2 Å². The maximum absolute atomic E-state index is 12.8. The molecule has 2 rings (SSSR count). The van der Waals surface area contributed by atoms with Crippen LogP contribution in [0.5, 0.6) is 5.75 Å². The van der Waals surface area contributed by atoms with Gasteiger partial charge < -0.3 is 15.0 Å². The van der Waals surface area contributed by atoms with Gasteiger partial charge in [0.05, 0.1) is 12.6 Å². The third kappa shape index (κ3) is 4.72. The number of anilines is 1. The summed E-state index contributed by atoms with van der Waals surface area (Å²) in [5.41, 5.74) is 2.88. The van der Waals surface area contributed by atoms with Crippen LogP contribution in [0.1, 0.15) is 44.4 Å². The van der Waals surface area contributed by atoms with Crippen molar-refractivity contribution in [3.8, 4) is 5.75 Å². The number of aromatic nitrogens is 1. The van der Waals surface area contributed by atoms with Crippen molar-refractivity contribution in [3.63, 3.8) is 0 Å². The fraction of sp³-hybridized carbons (Fsp3) is 0.400. The van der Waals surface area contributed by atoms with Crippen LogP contribution in [0.15, 0.2) is 42.7 Å². The molecule has 0 fully saturated rings. The molecule has 5 nitrogen and oxygen atoms in total. The van der Waals surface area contributed by atoms with Crippen LogP contribution >= 0.6 is 0 Å². The van der Waals surface area contributed by atoms with Gasteiger partial charge in [0.15, 0.2) is 0 Å². The number of benzene rings is 1. The van der Waals surface area contributed by atoms with Crippen LogP contribution in [0.4, 0.5) is 10.5 Å².